The van der Waals surface area contributed by atoms with Crippen molar-refractivity contribution in [3.8, 4) is 6.07 Å². The first-order valence-electron chi connectivity index (χ1n) is 7.00. The van der Waals surface area contributed by atoms with E-state index < -0.39 is 6.10 Å². The number of nitrogens with one attached hydrogen (secondary N) is 1. The zero-order chi connectivity index (χ0) is 15.5. The molecular weight excluding hydrogens is 304 g/mol. The van der Waals surface area contributed by atoms with Crippen molar-refractivity contribution in [2.24, 2.45) is 5.92 Å². The van der Waals surface area contributed by atoms with Crippen LogP contribution in [-0.2, 0) is 6.54 Å². The second-order valence-corrected chi connectivity index (χ2v) is 5.88. The molecule has 0 amide bonds. The molecule has 0 aromatic carbocycles. The van der Waals surface area contributed by atoms with Crippen LogP contribution < -0.4 is 5.32 Å². The summed E-state index contributed by atoms with van der Waals surface area (Å²) < 4.78 is 1.78. The van der Waals surface area contributed by atoms with E-state index in [1.165, 1.54) is 6.20 Å². The van der Waals surface area contributed by atoms with Gasteiger partial charge >= 0.3 is 0 Å². The lowest BCUT2D eigenvalue weighted by Gasteiger charge is -2.17. The highest BCUT2D eigenvalue weighted by molar-refractivity contribution is 6.30. The number of halogens is 1. The normalized spacial score (nSPS) is 24.1. The number of anilines is 1. The van der Waals surface area contributed by atoms with E-state index in [9.17, 15) is 5.11 Å². The van der Waals surface area contributed by atoms with Crippen LogP contribution in [0.2, 0.25) is 5.02 Å². The molecule has 2 aromatic rings. The van der Waals surface area contributed by atoms with Gasteiger partial charge in [0.1, 0.15) is 6.07 Å². The summed E-state index contributed by atoms with van der Waals surface area (Å²) in [4.78, 5) is 0. The number of hydrogen-bond acceptors (Lipinski definition) is 6. The molecule has 8 heteroatoms. The van der Waals surface area contributed by atoms with E-state index in [-0.39, 0.29) is 12.0 Å². The predicted molar refractivity (Wildman–Crippen MR) is 80.1 cm³/mol. The van der Waals surface area contributed by atoms with Crippen LogP contribution in [0.3, 0.4) is 0 Å². The van der Waals surface area contributed by atoms with E-state index in [1.807, 2.05) is 0 Å². The molecule has 0 spiro atoms. The smallest absolute Gasteiger partial charge is 0.166 e. The first-order valence-corrected chi connectivity index (χ1v) is 7.38. The van der Waals surface area contributed by atoms with Crippen LogP contribution in [0, 0.1) is 17.2 Å². The van der Waals surface area contributed by atoms with Crippen LogP contribution in [0.5, 0.6) is 0 Å². The minimum absolute atomic E-state index is 0.153. The van der Waals surface area contributed by atoms with Crippen molar-refractivity contribution in [2.45, 2.75) is 31.5 Å². The fraction of sp³-hybridized carbons (Fsp3) is 0.429. The number of nitrogens with zero attached hydrogens (tertiary/aromatic N) is 5. The van der Waals surface area contributed by atoms with E-state index in [2.05, 4.69) is 26.7 Å². The average molecular weight is 319 g/mol. The van der Waals surface area contributed by atoms with E-state index in [0.717, 1.165) is 6.42 Å². The summed E-state index contributed by atoms with van der Waals surface area (Å²) in [5.41, 5.74) is 0.421. The number of nitriles is 1. The highest BCUT2D eigenvalue weighted by Crippen LogP contribution is 2.30. The Morgan fingerprint density at radius 2 is 2.36 bits per heavy atom. The molecule has 1 aliphatic rings. The molecule has 3 atom stereocenters. The first-order chi connectivity index (χ1) is 10.7. The highest BCUT2D eigenvalue weighted by atomic mass is 35.5. The third-order valence-corrected chi connectivity index (χ3v) is 4.03. The molecule has 1 aliphatic carbocycles. The van der Waals surface area contributed by atoms with Gasteiger partial charge in [0.15, 0.2) is 5.82 Å². The lowest BCUT2D eigenvalue weighted by Crippen LogP contribution is -2.28. The van der Waals surface area contributed by atoms with E-state index in [1.54, 1.807) is 23.1 Å². The molecule has 0 radical (unpaired) electrons. The fourth-order valence-corrected chi connectivity index (χ4v) is 2.99. The number of rotatable bonds is 4. The molecule has 22 heavy (non-hydrogen) atoms. The summed E-state index contributed by atoms with van der Waals surface area (Å²) in [7, 11) is 0. The van der Waals surface area contributed by atoms with Gasteiger partial charge in [-0.2, -0.15) is 15.5 Å². The maximum Gasteiger partial charge on any atom is 0.166 e. The lowest BCUT2D eigenvalue weighted by molar-refractivity contribution is 0.165. The molecule has 7 nitrogen and oxygen atoms in total. The Hall–Kier alpha value is -2.17. The van der Waals surface area contributed by atoms with Gasteiger partial charge in [-0.25, -0.2) is 0 Å². The first kappa shape index (κ1) is 14.8. The third-order valence-electron chi connectivity index (χ3n) is 3.84. The zero-order valence-corrected chi connectivity index (χ0v) is 12.5. The minimum atomic E-state index is -0.496. The number of aromatic nitrogens is 4. The summed E-state index contributed by atoms with van der Waals surface area (Å²) in [6, 6.07) is 3.51. The molecule has 3 rings (SSSR count). The third kappa shape index (κ3) is 3.18. The van der Waals surface area contributed by atoms with Gasteiger partial charge in [-0.05, 0) is 24.8 Å². The predicted octanol–water partition coefficient (Wildman–Crippen LogP) is 1.45. The summed E-state index contributed by atoms with van der Waals surface area (Å²) in [6.07, 6.45) is 5.77. The molecule has 2 heterocycles. The Morgan fingerprint density at radius 1 is 1.50 bits per heavy atom. The SMILES string of the molecule is N#Cc1ccnnc1N[C@@H]1CC(Cn2cc(Cl)cn2)C[C@H]1O. The van der Waals surface area contributed by atoms with E-state index in [4.69, 9.17) is 16.9 Å². The Balaban J connectivity index is 1.65. The second-order valence-electron chi connectivity index (χ2n) is 5.44. The molecule has 0 aliphatic heterocycles. The monoisotopic (exact) mass is 318 g/mol. The molecule has 0 saturated heterocycles. The Bertz CT molecular complexity index is 697. The van der Waals surface area contributed by atoms with Gasteiger partial charge in [0.05, 0.1) is 35.1 Å². The van der Waals surface area contributed by atoms with Gasteiger partial charge in [0.2, 0.25) is 0 Å². The van der Waals surface area contributed by atoms with Crippen LogP contribution in [0.15, 0.2) is 24.7 Å². The largest absolute Gasteiger partial charge is 0.391 e. The summed E-state index contributed by atoms with van der Waals surface area (Å²) in [6.45, 7) is 0.702. The van der Waals surface area contributed by atoms with Gasteiger partial charge < -0.3 is 10.4 Å². The van der Waals surface area contributed by atoms with Gasteiger partial charge in [0, 0.05) is 12.7 Å². The van der Waals surface area contributed by atoms with Crippen LogP contribution >= 0.6 is 11.6 Å². The van der Waals surface area contributed by atoms with E-state index in [0.29, 0.717) is 29.4 Å². The minimum Gasteiger partial charge on any atom is -0.391 e. The second kappa shape index (κ2) is 6.30. The summed E-state index contributed by atoms with van der Waals surface area (Å²) in [5.74, 6) is 0.697. The number of aliphatic hydroxyl groups excluding tert-OH is 1. The molecule has 2 N–H and O–H groups in total. The Labute approximate surface area is 132 Å². The maximum atomic E-state index is 10.2. The lowest BCUT2D eigenvalue weighted by atomic mass is 10.1. The fourth-order valence-electron chi connectivity index (χ4n) is 2.83. The summed E-state index contributed by atoms with van der Waals surface area (Å²) in [5, 5.41) is 34.9. The molecular formula is C14H15ClN6O. The van der Waals surface area contributed by atoms with Crippen molar-refractivity contribution in [1.82, 2.24) is 20.0 Å². The van der Waals surface area contributed by atoms with Gasteiger partial charge in [-0.15, -0.1) is 5.10 Å². The van der Waals surface area contributed by atoms with Crippen LogP contribution in [-0.4, -0.2) is 37.2 Å². The van der Waals surface area contributed by atoms with Crippen molar-refractivity contribution < 1.29 is 5.11 Å². The van der Waals surface area contributed by atoms with Crippen molar-refractivity contribution in [3.05, 3.63) is 35.2 Å². The zero-order valence-electron chi connectivity index (χ0n) is 11.7. The van der Waals surface area contributed by atoms with Crippen LogP contribution in [0.4, 0.5) is 5.82 Å². The van der Waals surface area contributed by atoms with Crippen molar-refractivity contribution in [1.29, 1.82) is 5.26 Å². The van der Waals surface area contributed by atoms with Crippen LogP contribution in [0.1, 0.15) is 18.4 Å². The maximum absolute atomic E-state index is 10.2. The molecule has 1 saturated carbocycles. The topological polar surface area (TPSA) is 99.7 Å². The van der Waals surface area contributed by atoms with Crippen molar-refractivity contribution in [2.75, 3.05) is 5.32 Å². The average Bonchev–Trinajstić information content (AvgIpc) is 3.06. The van der Waals surface area contributed by atoms with Crippen LogP contribution in [0.25, 0.3) is 0 Å². The Morgan fingerprint density at radius 3 is 3.09 bits per heavy atom. The van der Waals surface area contributed by atoms with E-state index >= 15 is 0 Å². The number of aliphatic hydroxyl groups is 1. The quantitative estimate of drug-likeness (QED) is 0.885. The molecule has 1 fully saturated rings. The molecule has 1 unspecified atom stereocenters. The van der Waals surface area contributed by atoms with Gasteiger partial charge in [-0.1, -0.05) is 11.6 Å². The van der Waals surface area contributed by atoms with Crippen molar-refractivity contribution >= 4 is 17.4 Å². The molecule has 2 aromatic heterocycles. The molecule has 114 valence electrons. The van der Waals surface area contributed by atoms with Gasteiger partial charge in [0.25, 0.3) is 0 Å². The molecule has 0 bridgehead atoms. The number of hydrogen-bond donors (Lipinski definition) is 2. The summed E-state index contributed by atoms with van der Waals surface area (Å²) >= 11 is 5.85. The highest BCUT2D eigenvalue weighted by Gasteiger charge is 2.33. The standard InChI is InChI=1S/C14H15ClN6O/c15-11-6-18-21(8-11)7-9-3-12(13(22)4-9)19-14-10(5-16)1-2-17-20-14/h1-2,6,8-9,12-13,22H,3-4,7H2,(H,19,20)/t9?,12-,13-/m1/s1. The van der Waals surface area contributed by atoms with Gasteiger partial charge in [-0.3, -0.25) is 4.68 Å². The van der Waals surface area contributed by atoms with Crippen molar-refractivity contribution in [3.63, 3.8) is 0 Å². The Kier molecular flexibility index (Phi) is 4.22.